The first-order chi connectivity index (χ1) is 10.1. The van der Waals surface area contributed by atoms with Crippen LogP contribution in [0.5, 0.6) is 0 Å². The molecule has 2 heterocycles. The molecule has 5 N–H and O–H groups in total. The summed E-state index contributed by atoms with van der Waals surface area (Å²) < 4.78 is 1.66. The number of anilines is 2. The molecule has 0 bridgehead atoms. The predicted molar refractivity (Wildman–Crippen MR) is 78.7 cm³/mol. The molecule has 9 heteroatoms. The summed E-state index contributed by atoms with van der Waals surface area (Å²) in [7, 11) is 0. The van der Waals surface area contributed by atoms with Gasteiger partial charge in [-0.15, -0.1) is 0 Å². The van der Waals surface area contributed by atoms with E-state index >= 15 is 0 Å². The third-order valence-corrected chi connectivity index (χ3v) is 3.05. The summed E-state index contributed by atoms with van der Waals surface area (Å²) in [6, 6.07) is 0.0543. The SMILES string of the molecule is CC(C)C(CCO)Nc1nc(NN)nc(-n2ccnc2)n1. The first-order valence-corrected chi connectivity index (χ1v) is 6.72. The lowest BCUT2D eigenvalue weighted by Crippen LogP contribution is -2.28. The molecule has 114 valence electrons. The van der Waals surface area contributed by atoms with Crippen molar-refractivity contribution < 1.29 is 5.11 Å². The van der Waals surface area contributed by atoms with Crippen LogP contribution >= 0.6 is 0 Å². The summed E-state index contributed by atoms with van der Waals surface area (Å²) in [6.07, 6.45) is 5.56. The summed E-state index contributed by atoms with van der Waals surface area (Å²) in [4.78, 5) is 16.6. The van der Waals surface area contributed by atoms with Crippen LogP contribution in [-0.4, -0.2) is 42.3 Å². The molecule has 0 aromatic carbocycles. The zero-order valence-electron chi connectivity index (χ0n) is 12.1. The van der Waals surface area contributed by atoms with Crippen LogP contribution in [0.2, 0.25) is 0 Å². The molecule has 0 aliphatic carbocycles. The third kappa shape index (κ3) is 3.86. The number of imidazole rings is 1. The number of rotatable bonds is 7. The molecule has 0 radical (unpaired) electrons. The second-order valence-electron chi connectivity index (χ2n) is 4.90. The van der Waals surface area contributed by atoms with E-state index < -0.39 is 0 Å². The Hall–Kier alpha value is -2.26. The minimum Gasteiger partial charge on any atom is -0.396 e. The van der Waals surface area contributed by atoms with Gasteiger partial charge in [-0.3, -0.25) is 9.99 Å². The molecular formula is C12H20N8O. The van der Waals surface area contributed by atoms with Crippen molar-refractivity contribution in [3.63, 3.8) is 0 Å². The Bertz CT molecular complexity index is 556. The first kappa shape index (κ1) is 15.1. The van der Waals surface area contributed by atoms with E-state index in [2.05, 4.69) is 44.5 Å². The molecule has 2 aromatic rings. The quantitative estimate of drug-likeness (QED) is 0.420. The lowest BCUT2D eigenvalue weighted by molar-refractivity contribution is 0.267. The van der Waals surface area contributed by atoms with Crippen LogP contribution in [0.25, 0.3) is 5.95 Å². The molecule has 0 amide bonds. The van der Waals surface area contributed by atoms with Gasteiger partial charge in [0.05, 0.1) is 0 Å². The summed E-state index contributed by atoms with van der Waals surface area (Å²) in [5.41, 5.74) is 2.42. The van der Waals surface area contributed by atoms with Crippen LogP contribution in [0.4, 0.5) is 11.9 Å². The van der Waals surface area contributed by atoms with Crippen molar-refractivity contribution in [3.05, 3.63) is 18.7 Å². The average Bonchev–Trinajstić information content (AvgIpc) is 3.00. The molecular weight excluding hydrogens is 272 g/mol. The number of nitrogens with zero attached hydrogens (tertiary/aromatic N) is 5. The van der Waals surface area contributed by atoms with Gasteiger partial charge in [0.2, 0.25) is 17.8 Å². The summed E-state index contributed by atoms with van der Waals surface area (Å²) >= 11 is 0. The van der Waals surface area contributed by atoms with E-state index in [1.54, 1.807) is 23.3 Å². The molecule has 2 rings (SSSR count). The second kappa shape index (κ2) is 6.95. The molecule has 0 aliphatic heterocycles. The smallest absolute Gasteiger partial charge is 0.243 e. The van der Waals surface area contributed by atoms with Crippen molar-refractivity contribution in [3.8, 4) is 5.95 Å². The number of nitrogens with two attached hydrogens (primary N) is 1. The van der Waals surface area contributed by atoms with Crippen molar-refractivity contribution in [2.45, 2.75) is 26.3 Å². The molecule has 1 unspecified atom stereocenters. The fourth-order valence-electron chi connectivity index (χ4n) is 1.86. The highest BCUT2D eigenvalue weighted by molar-refractivity contribution is 5.38. The van der Waals surface area contributed by atoms with Crippen molar-refractivity contribution in [1.29, 1.82) is 0 Å². The van der Waals surface area contributed by atoms with E-state index in [4.69, 9.17) is 10.9 Å². The molecule has 0 spiro atoms. The van der Waals surface area contributed by atoms with Gasteiger partial charge in [-0.2, -0.15) is 15.0 Å². The van der Waals surface area contributed by atoms with E-state index in [1.165, 1.54) is 0 Å². The molecule has 0 fully saturated rings. The van der Waals surface area contributed by atoms with Gasteiger partial charge >= 0.3 is 0 Å². The van der Waals surface area contributed by atoms with E-state index in [9.17, 15) is 0 Å². The van der Waals surface area contributed by atoms with Crippen molar-refractivity contribution in [2.75, 3.05) is 17.3 Å². The van der Waals surface area contributed by atoms with Crippen LogP contribution in [-0.2, 0) is 0 Å². The summed E-state index contributed by atoms with van der Waals surface area (Å²) in [6.45, 7) is 4.22. The maximum absolute atomic E-state index is 9.13. The van der Waals surface area contributed by atoms with Gasteiger partial charge in [-0.25, -0.2) is 10.8 Å². The number of nitrogen functional groups attached to an aromatic ring is 1. The Kier molecular flexibility index (Phi) is 5.01. The minimum atomic E-state index is 0.0543. The standard InChI is InChI=1S/C12H20N8O/c1-8(2)9(3-6-21)15-10-16-11(19-13)18-12(17-10)20-5-4-14-7-20/h4-5,7-9,21H,3,6,13H2,1-2H3,(H2,15,16,17,18,19). The monoisotopic (exact) mass is 292 g/mol. The molecule has 0 aliphatic rings. The Labute approximate surface area is 122 Å². The van der Waals surface area contributed by atoms with E-state index in [0.29, 0.717) is 24.2 Å². The van der Waals surface area contributed by atoms with E-state index in [1.807, 2.05) is 0 Å². The van der Waals surface area contributed by atoms with Gasteiger partial charge in [0.1, 0.15) is 6.33 Å². The molecule has 9 nitrogen and oxygen atoms in total. The number of hydrogen-bond acceptors (Lipinski definition) is 8. The zero-order valence-corrected chi connectivity index (χ0v) is 12.1. The van der Waals surface area contributed by atoms with Crippen LogP contribution in [0.15, 0.2) is 18.7 Å². The van der Waals surface area contributed by atoms with Gasteiger partial charge in [0.15, 0.2) is 0 Å². The van der Waals surface area contributed by atoms with Gasteiger partial charge < -0.3 is 10.4 Å². The Morgan fingerprint density at radius 2 is 2.05 bits per heavy atom. The number of aliphatic hydroxyl groups excluding tert-OH is 1. The second-order valence-corrected chi connectivity index (χ2v) is 4.90. The average molecular weight is 292 g/mol. The van der Waals surface area contributed by atoms with Gasteiger partial charge in [0.25, 0.3) is 0 Å². The Morgan fingerprint density at radius 1 is 1.29 bits per heavy atom. The number of hydrogen-bond donors (Lipinski definition) is 4. The van der Waals surface area contributed by atoms with Crippen molar-refractivity contribution in [2.24, 2.45) is 11.8 Å². The normalized spacial score (nSPS) is 12.4. The fourth-order valence-corrected chi connectivity index (χ4v) is 1.86. The molecule has 2 aromatic heterocycles. The maximum atomic E-state index is 9.13. The molecule has 21 heavy (non-hydrogen) atoms. The van der Waals surface area contributed by atoms with E-state index in [-0.39, 0.29) is 18.6 Å². The largest absolute Gasteiger partial charge is 0.396 e. The van der Waals surface area contributed by atoms with Gasteiger partial charge in [-0.1, -0.05) is 13.8 Å². The maximum Gasteiger partial charge on any atom is 0.243 e. The lowest BCUT2D eigenvalue weighted by Gasteiger charge is -2.21. The van der Waals surface area contributed by atoms with Crippen molar-refractivity contribution >= 4 is 11.9 Å². The van der Waals surface area contributed by atoms with Crippen LogP contribution in [0.3, 0.4) is 0 Å². The molecule has 1 atom stereocenters. The molecule has 0 saturated heterocycles. The minimum absolute atomic E-state index is 0.0543. The van der Waals surface area contributed by atoms with Crippen LogP contribution < -0.4 is 16.6 Å². The third-order valence-electron chi connectivity index (χ3n) is 3.05. The first-order valence-electron chi connectivity index (χ1n) is 6.72. The number of aliphatic hydroxyl groups is 1. The predicted octanol–water partition coefficient (Wildman–Crippen LogP) is 0.162. The lowest BCUT2D eigenvalue weighted by atomic mass is 10.0. The van der Waals surface area contributed by atoms with Crippen LogP contribution in [0, 0.1) is 5.92 Å². The number of nitrogens with one attached hydrogen (secondary N) is 2. The molecule has 0 saturated carbocycles. The topological polar surface area (TPSA) is 127 Å². The fraction of sp³-hybridized carbons (Fsp3) is 0.500. The zero-order chi connectivity index (χ0) is 15.2. The van der Waals surface area contributed by atoms with Gasteiger partial charge in [-0.05, 0) is 12.3 Å². The van der Waals surface area contributed by atoms with E-state index in [0.717, 1.165) is 0 Å². The summed E-state index contributed by atoms with van der Waals surface area (Å²) in [5, 5.41) is 12.3. The van der Waals surface area contributed by atoms with Crippen LogP contribution in [0.1, 0.15) is 20.3 Å². The number of hydrazine groups is 1. The summed E-state index contributed by atoms with van der Waals surface area (Å²) in [5.74, 6) is 6.77. The highest BCUT2D eigenvalue weighted by Gasteiger charge is 2.15. The number of aromatic nitrogens is 5. The highest BCUT2D eigenvalue weighted by Crippen LogP contribution is 2.14. The Balaban J connectivity index is 2.28. The highest BCUT2D eigenvalue weighted by atomic mass is 16.3. The Morgan fingerprint density at radius 3 is 2.62 bits per heavy atom. The van der Waals surface area contributed by atoms with Crippen molar-refractivity contribution in [1.82, 2.24) is 24.5 Å². The van der Waals surface area contributed by atoms with Gasteiger partial charge in [0, 0.05) is 25.0 Å².